The minimum atomic E-state index is -4.63. The minimum absolute atomic E-state index is 0.0469. The molecule has 0 atom stereocenters. The molecule has 1 saturated heterocycles. The summed E-state index contributed by atoms with van der Waals surface area (Å²) < 4.78 is 41.3. The van der Waals surface area contributed by atoms with Crippen LogP contribution in [0.2, 0.25) is 0 Å². The van der Waals surface area contributed by atoms with Gasteiger partial charge in [0.25, 0.3) is 0 Å². The molecule has 0 aromatic heterocycles. The molecule has 1 aromatic rings. The highest BCUT2D eigenvalue weighted by molar-refractivity contribution is 5.40. The number of aryl methyl sites for hydroxylation is 1. The Hall–Kier alpha value is -1.23. The van der Waals surface area contributed by atoms with Crippen LogP contribution in [0.15, 0.2) is 18.2 Å². The van der Waals surface area contributed by atoms with Crippen molar-refractivity contribution in [1.82, 2.24) is 5.32 Å². The van der Waals surface area contributed by atoms with Crippen LogP contribution < -0.4 is 10.1 Å². The predicted octanol–water partition coefficient (Wildman–Crippen LogP) is 3.36. The van der Waals surface area contributed by atoms with Crippen molar-refractivity contribution in [3.63, 3.8) is 0 Å². The Morgan fingerprint density at radius 1 is 1.22 bits per heavy atom. The van der Waals surface area contributed by atoms with E-state index < -0.39 is 6.36 Å². The molecule has 5 heteroatoms. The maximum absolute atomic E-state index is 12.4. The van der Waals surface area contributed by atoms with Crippen LogP contribution in [0.1, 0.15) is 29.9 Å². The van der Waals surface area contributed by atoms with E-state index in [0.717, 1.165) is 31.5 Å². The molecule has 2 rings (SSSR count). The first-order valence-electron chi connectivity index (χ1n) is 6.03. The van der Waals surface area contributed by atoms with E-state index in [2.05, 4.69) is 10.1 Å². The first kappa shape index (κ1) is 13.2. The summed E-state index contributed by atoms with van der Waals surface area (Å²) in [6.07, 6.45) is -2.94. The van der Waals surface area contributed by atoms with Crippen LogP contribution in [0.25, 0.3) is 0 Å². The van der Waals surface area contributed by atoms with Crippen molar-refractivity contribution in [2.24, 2.45) is 0 Å². The first-order chi connectivity index (χ1) is 8.46. The average molecular weight is 259 g/mol. The number of benzene rings is 1. The zero-order valence-electron chi connectivity index (χ0n) is 10.2. The molecule has 1 aromatic carbocycles. The highest BCUT2D eigenvalue weighted by Gasteiger charge is 2.33. The number of halogens is 3. The van der Waals surface area contributed by atoms with Crippen LogP contribution in [0, 0.1) is 6.92 Å². The number of hydrogen-bond acceptors (Lipinski definition) is 2. The Balaban J connectivity index is 2.27. The number of hydrogen-bond donors (Lipinski definition) is 1. The Morgan fingerprint density at radius 3 is 2.50 bits per heavy atom. The molecule has 18 heavy (non-hydrogen) atoms. The van der Waals surface area contributed by atoms with Crippen LogP contribution >= 0.6 is 0 Å². The van der Waals surface area contributed by atoms with Gasteiger partial charge in [-0.25, -0.2) is 0 Å². The lowest BCUT2D eigenvalue weighted by atomic mass is 9.89. The highest BCUT2D eigenvalue weighted by atomic mass is 19.4. The molecule has 0 unspecified atom stereocenters. The van der Waals surface area contributed by atoms with Crippen LogP contribution in [0.4, 0.5) is 13.2 Å². The summed E-state index contributed by atoms with van der Waals surface area (Å²) in [4.78, 5) is 0. The molecule has 0 saturated carbocycles. The van der Waals surface area contributed by atoms with Gasteiger partial charge in [-0.1, -0.05) is 12.1 Å². The maximum atomic E-state index is 12.4. The smallest absolute Gasteiger partial charge is 0.405 e. The summed E-state index contributed by atoms with van der Waals surface area (Å²) in [5.41, 5.74) is 1.44. The number of alkyl halides is 3. The lowest BCUT2D eigenvalue weighted by Gasteiger charge is -2.25. The van der Waals surface area contributed by atoms with Gasteiger partial charge in [-0.15, -0.1) is 13.2 Å². The third-order valence-corrected chi connectivity index (χ3v) is 3.17. The lowest BCUT2D eigenvalue weighted by molar-refractivity contribution is -0.275. The fourth-order valence-electron chi connectivity index (χ4n) is 2.32. The second kappa shape index (κ2) is 5.18. The fourth-order valence-corrected chi connectivity index (χ4v) is 2.32. The van der Waals surface area contributed by atoms with Crippen molar-refractivity contribution in [2.45, 2.75) is 32.0 Å². The first-order valence-corrected chi connectivity index (χ1v) is 6.03. The predicted molar refractivity (Wildman–Crippen MR) is 62.7 cm³/mol. The number of ether oxygens (including phenoxy) is 1. The second-order valence-electron chi connectivity index (χ2n) is 4.61. The average Bonchev–Trinajstić information content (AvgIpc) is 2.28. The molecule has 100 valence electrons. The molecular formula is C13H16F3NO. The van der Waals surface area contributed by atoms with Gasteiger partial charge in [0.2, 0.25) is 0 Å². The van der Waals surface area contributed by atoms with Gasteiger partial charge in [0, 0.05) is 0 Å². The third kappa shape index (κ3) is 3.38. The molecule has 0 aliphatic carbocycles. The SMILES string of the molecule is Cc1ccc(C2CCNCC2)c(OC(F)(F)F)c1. The monoisotopic (exact) mass is 259 g/mol. The minimum Gasteiger partial charge on any atom is -0.405 e. The quantitative estimate of drug-likeness (QED) is 0.879. The molecule has 1 N–H and O–H groups in total. The van der Waals surface area contributed by atoms with E-state index in [0.29, 0.717) is 5.56 Å². The molecule has 0 bridgehead atoms. The molecule has 1 aliphatic heterocycles. The topological polar surface area (TPSA) is 21.3 Å². The molecule has 2 nitrogen and oxygen atoms in total. The van der Waals surface area contributed by atoms with Gasteiger partial charge >= 0.3 is 6.36 Å². The Labute approximate surface area is 104 Å². The summed E-state index contributed by atoms with van der Waals surface area (Å²) in [6.45, 7) is 3.43. The van der Waals surface area contributed by atoms with Crippen LogP contribution in [-0.4, -0.2) is 19.5 Å². The van der Waals surface area contributed by atoms with Crippen molar-refractivity contribution >= 4 is 0 Å². The van der Waals surface area contributed by atoms with Crippen LogP contribution in [0.5, 0.6) is 5.75 Å². The van der Waals surface area contributed by atoms with E-state index in [-0.39, 0.29) is 11.7 Å². The van der Waals surface area contributed by atoms with Gasteiger partial charge in [0.1, 0.15) is 5.75 Å². The van der Waals surface area contributed by atoms with Gasteiger partial charge in [-0.2, -0.15) is 0 Å². The molecule has 0 radical (unpaired) electrons. The normalized spacial score (nSPS) is 17.8. The zero-order valence-corrected chi connectivity index (χ0v) is 10.2. The molecule has 1 fully saturated rings. The summed E-state index contributed by atoms with van der Waals surface area (Å²) >= 11 is 0. The number of rotatable bonds is 2. The molecule has 1 heterocycles. The molecule has 0 amide bonds. The Bertz CT molecular complexity index is 411. The molecular weight excluding hydrogens is 243 g/mol. The van der Waals surface area contributed by atoms with E-state index in [1.54, 1.807) is 13.0 Å². The second-order valence-corrected chi connectivity index (χ2v) is 4.61. The molecule has 1 aliphatic rings. The fraction of sp³-hybridized carbons (Fsp3) is 0.538. The zero-order chi connectivity index (χ0) is 13.2. The molecule has 0 spiro atoms. The highest BCUT2D eigenvalue weighted by Crippen LogP contribution is 2.35. The van der Waals surface area contributed by atoms with E-state index in [4.69, 9.17) is 0 Å². The van der Waals surface area contributed by atoms with Gasteiger partial charge in [-0.3, -0.25) is 0 Å². The standard InChI is InChI=1S/C13H16F3NO/c1-9-2-3-11(10-4-6-17-7-5-10)12(8-9)18-13(14,15)16/h2-3,8,10,17H,4-7H2,1H3. The lowest BCUT2D eigenvalue weighted by Crippen LogP contribution is -2.27. The number of piperidine rings is 1. The van der Waals surface area contributed by atoms with Gasteiger partial charge in [-0.05, 0) is 56.0 Å². The third-order valence-electron chi connectivity index (χ3n) is 3.17. The van der Waals surface area contributed by atoms with Gasteiger partial charge in [0.05, 0.1) is 0 Å². The van der Waals surface area contributed by atoms with E-state index in [1.807, 2.05) is 6.07 Å². The Morgan fingerprint density at radius 2 is 1.89 bits per heavy atom. The summed E-state index contributed by atoms with van der Waals surface area (Å²) in [6, 6.07) is 5.05. The largest absolute Gasteiger partial charge is 0.573 e. The Kier molecular flexibility index (Phi) is 3.80. The van der Waals surface area contributed by atoms with Crippen LogP contribution in [-0.2, 0) is 0 Å². The summed E-state index contributed by atoms with van der Waals surface area (Å²) in [5, 5.41) is 3.20. The van der Waals surface area contributed by atoms with Crippen molar-refractivity contribution in [3.05, 3.63) is 29.3 Å². The number of nitrogens with one attached hydrogen (secondary N) is 1. The van der Waals surface area contributed by atoms with Crippen molar-refractivity contribution < 1.29 is 17.9 Å². The van der Waals surface area contributed by atoms with Gasteiger partial charge in [0.15, 0.2) is 0 Å². The maximum Gasteiger partial charge on any atom is 0.573 e. The van der Waals surface area contributed by atoms with Crippen LogP contribution in [0.3, 0.4) is 0 Å². The van der Waals surface area contributed by atoms with Crippen molar-refractivity contribution in [1.29, 1.82) is 0 Å². The summed E-state index contributed by atoms with van der Waals surface area (Å²) in [5.74, 6) is 0.0959. The van der Waals surface area contributed by atoms with E-state index >= 15 is 0 Å². The van der Waals surface area contributed by atoms with E-state index in [1.165, 1.54) is 6.07 Å². The van der Waals surface area contributed by atoms with Crippen molar-refractivity contribution in [3.8, 4) is 5.75 Å². The van der Waals surface area contributed by atoms with Crippen molar-refractivity contribution in [2.75, 3.05) is 13.1 Å². The van der Waals surface area contributed by atoms with E-state index in [9.17, 15) is 13.2 Å². The van der Waals surface area contributed by atoms with Gasteiger partial charge < -0.3 is 10.1 Å². The summed E-state index contributed by atoms with van der Waals surface area (Å²) in [7, 11) is 0.